The molecular formula is C15H14BrFO3. The summed E-state index contributed by atoms with van der Waals surface area (Å²) in [6.45, 7) is 0. The molecule has 1 N–H and O–H groups in total. The Kier molecular flexibility index (Phi) is 4.62. The van der Waals surface area contributed by atoms with Crippen molar-refractivity contribution in [1.82, 2.24) is 0 Å². The Morgan fingerprint density at radius 3 is 2.50 bits per heavy atom. The minimum absolute atomic E-state index is 0.0977. The quantitative estimate of drug-likeness (QED) is 0.922. The second kappa shape index (κ2) is 6.24. The van der Waals surface area contributed by atoms with E-state index < -0.39 is 11.9 Å². The van der Waals surface area contributed by atoms with Crippen LogP contribution >= 0.6 is 15.9 Å². The molecule has 20 heavy (non-hydrogen) atoms. The summed E-state index contributed by atoms with van der Waals surface area (Å²) in [5.41, 5.74) is 0.676. The number of rotatable bonds is 4. The van der Waals surface area contributed by atoms with E-state index in [9.17, 15) is 9.50 Å². The van der Waals surface area contributed by atoms with Crippen LogP contribution in [0.25, 0.3) is 0 Å². The van der Waals surface area contributed by atoms with Gasteiger partial charge in [0.1, 0.15) is 11.9 Å². The molecule has 106 valence electrons. The maximum Gasteiger partial charge on any atom is 0.171 e. The third kappa shape index (κ3) is 2.78. The molecule has 0 fully saturated rings. The maximum atomic E-state index is 14.2. The Balaban J connectivity index is 2.48. The van der Waals surface area contributed by atoms with Gasteiger partial charge in [-0.1, -0.05) is 28.1 Å². The zero-order valence-corrected chi connectivity index (χ0v) is 12.6. The van der Waals surface area contributed by atoms with Crippen LogP contribution in [0.5, 0.6) is 11.5 Å². The van der Waals surface area contributed by atoms with E-state index in [2.05, 4.69) is 15.9 Å². The number of ether oxygens (including phenoxy) is 2. The second-order valence-electron chi connectivity index (χ2n) is 4.15. The summed E-state index contributed by atoms with van der Waals surface area (Å²) in [4.78, 5) is 0. The minimum atomic E-state index is -1.12. The predicted octanol–water partition coefficient (Wildman–Crippen LogP) is 3.69. The Bertz CT molecular complexity index is 614. The van der Waals surface area contributed by atoms with Crippen LogP contribution in [-0.2, 0) is 0 Å². The van der Waals surface area contributed by atoms with Crippen molar-refractivity contribution in [2.45, 2.75) is 6.10 Å². The highest BCUT2D eigenvalue weighted by atomic mass is 79.9. The zero-order chi connectivity index (χ0) is 14.7. The van der Waals surface area contributed by atoms with E-state index in [0.717, 1.165) is 0 Å². The first-order valence-corrected chi connectivity index (χ1v) is 6.71. The van der Waals surface area contributed by atoms with Crippen LogP contribution in [0.1, 0.15) is 17.2 Å². The van der Waals surface area contributed by atoms with Crippen LogP contribution < -0.4 is 9.47 Å². The summed E-state index contributed by atoms with van der Waals surface area (Å²) in [5, 5.41) is 10.4. The van der Waals surface area contributed by atoms with E-state index >= 15 is 0 Å². The fourth-order valence-corrected chi connectivity index (χ4v) is 2.39. The number of aliphatic hydroxyl groups excluding tert-OH is 1. The molecule has 0 radical (unpaired) electrons. The average Bonchev–Trinajstić information content (AvgIpc) is 2.47. The molecule has 5 heteroatoms. The Morgan fingerprint density at radius 1 is 1.10 bits per heavy atom. The third-order valence-electron chi connectivity index (χ3n) is 3.01. The largest absolute Gasteiger partial charge is 0.497 e. The minimum Gasteiger partial charge on any atom is -0.497 e. The van der Waals surface area contributed by atoms with Crippen molar-refractivity contribution in [2.75, 3.05) is 14.2 Å². The van der Waals surface area contributed by atoms with Gasteiger partial charge in [-0.05, 0) is 24.3 Å². The molecule has 1 atom stereocenters. The predicted molar refractivity (Wildman–Crippen MR) is 77.7 cm³/mol. The highest BCUT2D eigenvalue weighted by Crippen LogP contribution is 2.34. The molecule has 0 aliphatic rings. The fourth-order valence-electron chi connectivity index (χ4n) is 1.92. The molecule has 1 unspecified atom stereocenters. The number of halogens is 2. The van der Waals surface area contributed by atoms with Gasteiger partial charge in [-0.2, -0.15) is 0 Å². The molecule has 0 saturated heterocycles. The Hall–Kier alpha value is -1.59. The highest BCUT2D eigenvalue weighted by molar-refractivity contribution is 9.10. The summed E-state index contributed by atoms with van der Waals surface area (Å²) in [6.07, 6.45) is -1.12. The molecule has 2 aromatic carbocycles. The Labute approximate surface area is 125 Å². The van der Waals surface area contributed by atoms with E-state index in [1.54, 1.807) is 24.3 Å². The van der Waals surface area contributed by atoms with Crippen LogP contribution in [0.3, 0.4) is 0 Å². The number of aliphatic hydroxyl groups is 1. The molecule has 0 bridgehead atoms. The molecule has 0 saturated carbocycles. The summed E-state index contributed by atoms with van der Waals surface area (Å²) < 4.78 is 24.9. The van der Waals surface area contributed by atoms with Gasteiger partial charge in [0.15, 0.2) is 11.6 Å². The molecule has 0 amide bonds. The first kappa shape index (κ1) is 14.8. The average molecular weight is 341 g/mol. The molecule has 0 heterocycles. The van der Waals surface area contributed by atoms with E-state index in [4.69, 9.17) is 9.47 Å². The topological polar surface area (TPSA) is 38.7 Å². The maximum absolute atomic E-state index is 14.2. The van der Waals surface area contributed by atoms with Gasteiger partial charge in [0.05, 0.1) is 14.2 Å². The van der Waals surface area contributed by atoms with Crippen molar-refractivity contribution in [3.63, 3.8) is 0 Å². The lowest BCUT2D eigenvalue weighted by Gasteiger charge is -2.16. The van der Waals surface area contributed by atoms with Crippen LogP contribution in [0.15, 0.2) is 40.9 Å². The molecular weight excluding hydrogens is 327 g/mol. The monoisotopic (exact) mass is 340 g/mol. The lowest BCUT2D eigenvalue weighted by atomic mass is 10.0. The third-order valence-corrected chi connectivity index (χ3v) is 3.73. The van der Waals surface area contributed by atoms with Gasteiger partial charge in [0.2, 0.25) is 0 Å². The standard InChI is InChI=1S/C15H14BrFO3/c1-19-9-6-7-12(16)11(8-9)15(18)10-4-3-5-13(20-2)14(10)17/h3-8,15,18H,1-2H3. The van der Waals surface area contributed by atoms with Crippen LogP contribution in [0.4, 0.5) is 4.39 Å². The van der Waals surface area contributed by atoms with Crippen molar-refractivity contribution < 1.29 is 19.0 Å². The van der Waals surface area contributed by atoms with Crippen LogP contribution in [0.2, 0.25) is 0 Å². The van der Waals surface area contributed by atoms with Crippen molar-refractivity contribution in [1.29, 1.82) is 0 Å². The zero-order valence-electron chi connectivity index (χ0n) is 11.1. The van der Waals surface area contributed by atoms with Gasteiger partial charge in [-0.15, -0.1) is 0 Å². The van der Waals surface area contributed by atoms with Crippen LogP contribution in [-0.4, -0.2) is 19.3 Å². The summed E-state index contributed by atoms with van der Waals surface area (Å²) in [5.74, 6) is 0.114. The first-order valence-electron chi connectivity index (χ1n) is 5.92. The number of hydrogen-bond acceptors (Lipinski definition) is 3. The van der Waals surface area contributed by atoms with E-state index in [1.807, 2.05) is 0 Å². The highest BCUT2D eigenvalue weighted by Gasteiger charge is 2.20. The lowest BCUT2D eigenvalue weighted by Crippen LogP contribution is -2.05. The fraction of sp³-hybridized carbons (Fsp3) is 0.200. The normalized spacial score (nSPS) is 12.1. The summed E-state index contributed by atoms with van der Waals surface area (Å²) in [7, 11) is 2.92. The molecule has 2 aromatic rings. The summed E-state index contributed by atoms with van der Waals surface area (Å²) >= 11 is 3.35. The summed E-state index contributed by atoms with van der Waals surface area (Å²) in [6, 6.07) is 9.82. The van der Waals surface area contributed by atoms with E-state index in [1.165, 1.54) is 26.4 Å². The van der Waals surface area contributed by atoms with Crippen molar-refractivity contribution in [3.8, 4) is 11.5 Å². The van der Waals surface area contributed by atoms with Crippen molar-refractivity contribution in [3.05, 3.63) is 57.8 Å². The van der Waals surface area contributed by atoms with Gasteiger partial charge in [-0.3, -0.25) is 0 Å². The number of benzene rings is 2. The van der Waals surface area contributed by atoms with Crippen LogP contribution in [0, 0.1) is 5.82 Å². The van der Waals surface area contributed by atoms with E-state index in [0.29, 0.717) is 15.8 Å². The number of hydrogen-bond donors (Lipinski definition) is 1. The SMILES string of the molecule is COc1ccc(Br)c(C(O)c2cccc(OC)c2F)c1. The molecule has 0 aliphatic heterocycles. The van der Waals surface area contributed by atoms with Crippen molar-refractivity contribution >= 4 is 15.9 Å². The van der Waals surface area contributed by atoms with Gasteiger partial charge in [-0.25, -0.2) is 4.39 Å². The van der Waals surface area contributed by atoms with E-state index in [-0.39, 0.29) is 11.3 Å². The van der Waals surface area contributed by atoms with Gasteiger partial charge in [0, 0.05) is 15.6 Å². The molecule has 3 nitrogen and oxygen atoms in total. The lowest BCUT2D eigenvalue weighted by molar-refractivity contribution is 0.212. The van der Waals surface area contributed by atoms with Gasteiger partial charge in [0.25, 0.3) is 0 Å². The van der Waals surface area contributed by atoms with Gasteiger partial charge >= 0.3 is 0 Å². The first-order chi connectivity index (χ1) is 9.58. The molecule has 0 aromatic heterocycles. The van der Waals surface area contributed by atoms with Gasteiger partial charge < -0.3 is 14.6 Å². The molecule has 0 spiro atoms. The Morgan fingerprint density at radius 2 is 1.85 bits per heavy atom. The number of methoxy groups -OCH3 is 2. The second-order valence-corrected chi connectivity index (χ2v) is 5.01. The smallest absolute Gasteiger partial charge is 0.171 e. The molecule has 0 aliphatic carbocycles. The van der Waals surface area contributed by atoms with Crippen molar-refractivity contribution in [2.24, 2.45) is 0 Å². The molecule has 2 rings (SSSR count).